The van der Waals surface area contributed by atoms with Crippen molar-refractivity contribution in [2.45, 2.75) is 6.92 Å². The van der Waals surface area contributed by atoms with Gasteiger partial charge in [-0.25, -0.2) is 9.37 Å². The van der Waals surface area contributed by atoms with Crippen molar-refractivity contribution in [2.75, 3.05) is 17.2 Å². The number of hydrogen-bond acceptors (Lipinski definition) is 6. The van der Waals surface area contributed by atoms with Crippen molar-refractivity contribution in [3.05, 3.63) is 70.5 Å². The van der Waals surface area contributed by atoms with E-state index < -0.39 is 10.7 Å². The van der Waals surface area contributed by atoms with E-state index >= 15 is 0 Å². The van der Waals surface area contributed by atoms with E-state index in [0.29, 0.717) is 24.0 Å². The van der Waals surface area contributed by atoms with E-state index in [-0.39, 0.29) is 11.4 Å². The molecular weight excluding hydrogens is 337 g/mol. The summed E-state index contributed by atoms with van der Waals surface area (Å²) in [5, 5.41) is 17.1. The molecule has 132 valence electrons. The maximum absolute atomic E-state index is 13.3. The van der Waals surface area contributed by atoms with Gasteiger partial charge in [0.1, 0.15) is 17.3 Å². The topological polar surface area (TPSA) is 93.0 Å². The second-order valence-corrected chi connectivity index (χ2v) is 5.40. The Bertz CT molecular complexity index is 934. The van der Waals surface area contributed by atoms with Gasteiger partial charge in [-0.2, -0.15) is 4.98 Å². The van der Waals surface area contributed by atoms with Gasteiger partial charge in [0.2, 0.25) is 5.95 Å². The highest BCUT2D eigenvalue weighted by molar-refractivity contribution is 5.71. The fourth-order valence-electron chi connectivity index (χ4n) is 2.40. The summed E-state index contributed by atoms with van der Waals surface area (Å²) in [7, 11) is 0. The molecule has 0 aliphatic rings. The largest absolute Gasteiger partial charge is 0.354 e. The van der Waals surface area contributed by atoms with Gasteiger partial charge in [-0.1, -0.05) is 30.3 Å². The van der Waals surface area contributed by atoms with Crippen LogP contribution in [0.4, 0.5) is 27.5 Å². The fourth-order valence-corrected chi connectivity index (χ4v) is 2.40. The van der Waals surface area contributed by atoms with E-state index in [9.17, 15) is 14.5 Å². The van der Waals surface area contributed by atoms with Crippen molar-refractivity contribution in [3.63, 3.8) is 0 Å². The molecule has 0 radical (unpaired) electrons. The van der Waals surface area contributed by atoms with E-state index in [0.717, 1.165) is 17.7 Å². The third kappa shape index (κ3) is 3.92. The van der Waals surface area contributed by atoms with Crippen LogP contribution in [-0.4, -0.2) is 21.4 Å². The summed E-state index contributed by atoms with van der Waals surface area (Å²) in [6.45, 7) is 2.53. The molecule has 3 aromatic rings. The van der Waals surface area contributed by atoms with Crippen LogP contribution < -0.4 is 10.6 Å². The first-order valence-electron chi connectivity index (χ1n) is 7.96. The Kier molecular flexibility index (Phi) is 5.02. The summed E-state index contributed by atoms with van der Waals surface area (Å²) < 4.78 is 13.3. The van der Waals surface area contributed by atoms with Gasteiger partial charge >= 0.3 is 0 Å². The highest BCUT2D eigenvalue weighted by atomic mass is 19.1. The van der Waals surface area contributed by atoms with E-state index in [2.05, 4.69) is 20.6 Å². The smallest absolute Gasteiger partial charge is 0.295 e. The summed E-state index contributed by atoms with van der Waals surface area (Å²) >= 11 is 0. The molecule has 0 bridgehead atoms. The zero-order valence-corrected chi connectivity index (χ0v) is 13.9. The summed E-state index contributed by atoms with van der Waals surface area (Å²) in [6.07, 6.45) is 0. The molecule has 0 unspecified atom stereocenters. The standard InChI is InChI=1S/C18H16FN5O2/c1-2-20-18-22-15(12-6-4-3-5-7-12)11-17(23-18)21-14-9-8-13(19)10-16(14)24(25)26/h3-11H,2H2,1H3,(H2,20,21,22,23). The number of nitrogens with one attached hydrogen (secondary N) is 2. The van der Waals surface area contributed by atoms with Crippen LogP contribution in [0.3, 0.4) is 0 Å². The van der Waals surface area contributed by atoms with Gasteiger partial charge in [-0.3, -0.25) is 10.1 Å². The summed E-state index contributed by atoms with van der Waals surface area (Å²) in [5.74, 6) is 0.0777. The van der Waals surface area contributed by atoms with Gasteiger partial charge < -0.3 is 10.6 Å². The monoisotopic (exact) mass is 353 g/mol. The maximum atomic E-state index is 13.3. The second kappa shape index (κ2) is 7.56. The molecule has 26 heavy (non-hydrogen) atoms. The lowest BCUT2D eigenvalue weighted by atomic mass is 10.1. The van der Waals surface area contributed by atoms with E-state index in [1.54, 1.807) is 6.07 Å². The molecule has 7 nitrogen and oxygen atoms in total. The van der Waals surface area contributed by atoms with Gasteiger partial charge in [0.15, 0.2) is 0 Å². The van der Waals surface area contributed by atoms with Crippen LogP contribution in [0, 0.1) is 15.9 Å². The zero-order valence-electron chi connectivity index (χ0n) is 13.9. The molecule has 0 aliphatic heterocycles. The predicted octanol–water partition coefficient (Wildman–Crippen LogP) is 4.37. The highest BCUT2D eigenvalue weighted by Gasteiger charge is 2.16. The van der Waals surface area contributed by atoms with Gasteiger partial charge in [0.05, 0.1) is 16.7 Å². The number of rotatable bonds is 6. The third-order valence-corrected chi connectivity index (χ3v) is 3.55. The second-order valence-electron chi connectivity index (χ2n) is 5.40. The predicted molar refractivity (Wildman–Crippen MR) is 98.0 cm³/mol. The highest BCUT2D eigenvalue weighted by Crippen LogP contribution is 2.29. The Hall–Kier alpha value is -3.55. The van der Waals surface area contributed by atoms with Gasteiger partial charge in [-0.05, 0) is 19.1 Å². The minimum atomic E-state index is -0.678. The van der Waals surface area contributed by atoms with Crippen LogP contribution in [0.5, 0.6) is 0 Å². The summed E-state index contributed by atoms with van der Waals surface area (Å²) in [6, 6.07) is 14.5. The quantitative estimate of drug-likeness (QED) is 0.505. The van der Waals surface area contributed by atoms with Crippen molar-refractivity contribution < 1.29 is 9.31 Å². The Labute approximate surface area is 149 Å². The van der Waals surface area contributed by atoms with Crippen molar-refractivity contribution in [2.24, 2.45) is 0 Å². The minimum absolute atomic E-state index is 0.150. The van der Waals surface area contributed by atoms with Crippen LogP contribution in [0.15, 0.2) is 54.6 Å². The van der Waals surface area contributed by atoms with Crippen molar-refractivity contribution in [3.8, 4) is 11.3 Å². The molecule has 0 spiro atoms. The first-order chi connectivity index (χ1) is 12.6. The summed E-state index contributed by atoms with van der Waals surface area (Å²) in [5.41, 5.74) is 1.32. The summed E-state index contributed by atoms with van der Waals surface area (Å²) in [4.78, 5) is 19.3. The van der Waals surface area contributed by atoms with Crippen molar-refractivity contribution >= 4 is 23.1 Å². The molecule has 0 saturated carbocycles. The Morgan fingerprint density at radius 3 is 2.58 bits per heavy atom. The molecule has 0 saturated heterocycles. The Morgan fingerprint density at radius 2 is 1.88 bits per heavy atom. The van der Waals surface area contributed by atoms with E-state index in [4.69, 9.17) is 0 Å². The van der Waals surface area contributed by atoms with Crippen LogP contribution >= 0.6 is 0 Å². The molecule has 8 heteroatoms. The number of nitro benzene ring substituents is 1. The number of anilines is 3. The van der Waals surface area contributed by atoms with Gasteiger partial charge in [0, 0.05) is 18.2 Å². The molecule has 1 aromatic heterocycles. The lowest BCUT2D eigenvalue weighted by Crippen LogP contribution is -2.06. The van der Waals surface area contributed by atoms with Crippen molar-refractivity contribution in [1.82, 2.24) is 9.97 Å². The molecule has 0 aliphatic carbocycles. The normalized spacial score (nSPS) is 10.4. The molecule has 3 rings (SSSR count). The third-order valence-electron chi connectivity index (χ3n) is 3.55. The zero-order chi connectivity index (χ0) is 18.5. The van der Waals surface area contributed by atoms with Crippen LogP contribution in [0.25, 0.3) is 11.3 Å². The SMILES string of the molecule is CCNc1nc(Nc2ccc(F)cc2[N+](=O)[O-])cc(-c2ccccc2)n1. The molecule has 0 atom stereocenters. The fraction of sp³-hybridized carbons (Fsp3) is 0.111. The average Bonchev–Trinajstić information content (AvgIpc) is 2.64. The number of nitrogens with zero attached hydrogens (tertiary/aromatic N) is 3. The molecule has 0 fully saturated rings. The molecule has 1 heterocycles. The number of hydrogen-bond donors (Lipinski definition) is 2. The van der Waals surface area contributed by atoms with Crippen molar-refractivity contribution in [1.29, 1.82) is 0 Å². The molecule has 2 aromatic carbocycles. The Morgan fingerprint density at radius 1 is 1.12 bits per heavy atom. The minimum Gasteiger partial charge on any atom is -0.354 e. The van der Waals surface area contributed by atoms with Crippen LogP contribution in [-0.2, 0) is 0 Å². The molecule has 2 N–H and O–H groups in total. The number of benzene rings is 2. The average molecular weight is 353 g/mol. The Balaban J connectivity index is 2.02. The van der Waals surface area contributed by atoms with Gasteiger partial charge in [0.25, 0.3) is 5.69 Å². The van der Waals surface area contributed by atoms with E-state index in [1.165, 1.54) is 6.07 Å². The number of aromatic nitrogens is 2. The molecule has 0 amide bonds. The number of halogens is 1. The maximum Gasteiger partial charge on any atom is 0.295 e. The first kappa shape index (κ1) is 17.3. The lowest BCUT2D eigenvalue weighted by molar-refractivity contribution is -0.384. The van der Waals surface area contributed by atoms with E-state index in [1.807, 2.05) is 37.3 Å². The molecular formula is C18H16FN5O2. The number of nitro groups is 1. The lowest BCUT2D eigenvalue weighted by Gasteiger charge is -2.11. The first-order valence-corrected chi connectivity index (χ1v) is 7.96. The van der Waals surface area contributed by atoms with Crippen LogP contribution in [0.2, 0.25) is 0 Å². The van der Waals surface area contributed by atoms with Crippen LogP contribution in [0.1, 0.15) is 6.92 Å². The van der Waals surface area contributed by atoms with Gasteiger partial charge in [-0.15, -0.1) is 0 Å².